The molecule has 0 amide bonds. The van der Waals surface area contributed by atoms with Crippen LogP contribution >= 0.6 is 0 Å². The van der Waals surface area contributed by atoms with Crippen molar-refractivity contribution in [3.8, 4) is 28.0 Å². The zero-order chi connectivity index (χ0) is 34.6. The highest BCUT2D eigenvalue weighted by Gasteiger charge is 2.41. The smallest absolute Gasteiger partial charge is 0.429 e. The van der Waals surface area contributed by atoms with Crippen LogP contribution in [0.1, 0.15) is 88.2 Å². The monoisotopic (exact) mass is 678 g/mol. The Bertz CT molecular complexity index is 1700. The fraction of sp³-hybridized carbons (Fsp3) is 0.368. The maximum atomic E-state index is 15.3. The van der Waals surface area contributed by atoms with Crippen LogP contribution in [-0.2, 0) is 6.11 Å². The second-order valence-corrected chi connectivity index (χ2v) is 12.5. The molecular weight excluding hydrogens is 643 g/mol. The van der Waals surface area contributed by atoms with E-state index in [1.807, 2.05) is 6.07 Å². The fourth-order valence-corrected chi connectivity index (χ4v) is 6.55. The predicted octanol–water partition coefficient (Wildman–Crippen LogP) is 12.8. The minimum atomic E-state index is -4.79. The first kappa shape index (κ1) is 35.4. The minimum Gasteiger partial charge on any atom is -0.429 e. The minimum absolute atomic E-state index is 0.0891. The maximum absolute atomic E-state index is 15.3. The van der Waals surface area contributed by atoms with E-state index in [9.17, 15) is 30.7 Å². The Hall–Kier alpha value is -3.95. The molecule has 4 aromatic carbocycles. The van der Waals surface area contributed by atoms with Gasteiger partial charge in [0.15, 0.2) is 17.5 Å². The van der Waals surface area contributed by atoms with E-state index in [-0.39, 0.29) is 34.7 Å². The summed E-state index contributed by atoms with van der Waals surface area (Å²) in [6.45, 7) is 2.20. The highest BCUT2D eigenvalue weighted by atomic mass is 19.3. The van der Waals surface area contributed by atoms with Crippen LogP contribution in [-0.4, -0.2) is 0 Å². The Morgan fingerprint density at radius 1 is 0.604 bits per heavy atom. The summed E-state index contributed by atoms with van der Waals surface area (Å²) in [7, 11) is 0. The molecule has 0 unspecified atom stereocenters. The molecule has 0 aromatic heterocycles. The SMILES string of the molecule is CCCCCCCC1CCC(c2ccc(-c3ccc(-c4cc(F)c(C(F)(F)Oc5cc(F)c(F)c(F)c5)c(F)c4)c(F)c3)c(F)c2)CC1. The lowest BCUT2D eigenvalue weighted by molar-refractivity contribution is -0.189. The number of benzene rings is 4. The maximum Gasteiger partial charge on any atom is 0.432 e. The van der Waals surface area contributed by atoms with Crippen LogP contribution in [0.25, 0.3) is 22.3 Å². The number of ether oxygens (including phenoxy) is 1. The van der Waals surface area contributed by atoms with Crippen molar-refractivity contribution in [3.05, 3.63) is 113 Å². The lowest BCUT2D eigenvalue weighted by Gasteiger charge is -2.29. The summed E-state index contributed by atoms with van der Waals surface area (Å²) in [4.78, 5) is 0. The van der Waals surface area contributed by atoms with Gasteiger partial charge in [-0.25, -0.2) is 30.7 Å². The molecule has 1 aliphatic carbocycles. The molecule has 4 aromatic rings. The lowest BCUT2D eigenvalue weighted by Crippen LogP contribution is -2.25. The van der Waals surface area contributed by atoms with Gasteiger partial charge in [-0.2, -0.15) is 8.78 Å². The second kappa shape index (κ2) is 15.1. The summed E-state index contributed by atoms with van der Waals surface area (Å²) in [5, 5.41) is 0. The number of unbranched alkanes of at least 4 members (excludes halogenated alkanes) is 4. The third kappa shape index (κ3) is 8.01. The zero-order valence-corrected chi connectivity index (χ0v) is 26.3. The summed E-state index contributed by atoms with van der Waals surface area (Å²) in [6.07, 6.45) is 6.92. The van der Waals surface area contributed by atoms with Crippen LogP contribution in [0.3, 0.4) is 0 Å². The summed E-state index contributed by atoms with van der Waals surface area (Å²) >= 11 is 0. The van der Waals surface area contributed by atoms with Crippen molar-refractivity contribution in [2.75, 3.05) is 0 Å². The molecule has 0 radical (unpaired) electrons. The summed E-state index contributed by atoms with van der Waals surface area (Å²) in [5.74, 6) is -11.2. The molecule has 1 nitrogen and oxygen atoms in total. The fourth-order valence-electron chi connectivity index (χ4n) is 6.55. The molecule has 0 atom stereocenters. The molecule has 10 heteroatoms. The normalized spacial score (nSPS) is 16.7. The first-order valence-corrected chi connectivity index (χ1v) is 16.2. The number of alkyl halides is 2. The van der Waals surface area contributed by atoms with Crippen LogP contribution in [0.15, 0.2) is 60.7 Å². The van der Waals surface area contributed by atoms with Crippen LogP contribution in [0.5, 0.6) is 5.75 Å². The van der Waals surface area contributed by atoms with E-state index in [0.717, 1.165) is 43.4 Å². The van der Waals surface area contributed by atoms with Gasteiger partial charge in [-0.05, 0) is 78.5 Å². The van der Waals surface area contributed by atoms with Gasteiger partial charge in [0.05, 0.1) is 0 Å². The second-order valence-electron chi connectivity index (χ2n) is 12.5. The molecule has 1 saturated carbocycles. The van der Waals surface area contributed by atoms with Crippen molar-refractivity contribution in [3.63, 3.8) is 0 Å². The highest BCUT2D eigenvalue weighted by molar-refractivity contribution is 5.72. The van der Waals surface area contributed by atoms with E-state index in [1.165, 1.54) is 50.7 Å². The van der Waals surface area contributed by atoms with Crippen molar-refractivity contribution in [2.24, 2.45) is 5.92 Å². The Morgan fingerprint density at radius 2 is 1.17 bits per heavy atom. The van der Waals surface area contributed by atoms with Gasteiger partial charge in [0, 0.05) is 23.3 Å². The Kier molecular flexibility index (Phi) is 11.1. The highest BCUT2D eigenvalue weighted by Crippen LogP contribution is 2.41. The topological polar surface area (TPSA) is 9.23 Å². The van der Waals surface area contributed by atoms with Crippen molar-refractivity contribution in [1.29, 1.82) is 0 Å². The van der Waals surface area contributed by atoms with Gasteiger partial charge in [0.2, 0.25) is 0 Å². The predicted molar refractivity (Wildman–Crippen MR) is 166 cm³/mol. The molecule has 5 rings (SSSR count). The van der Waals surface area contributed by atoms with Crippen LogP contribution in [0, 0.1) is 46.6 Å². The first-order valence-electron chi connectivity index (χ1n) is 16.2. The number of halogens is 9. The molecule has 48 heavy (non-hydrogen) atoms. The van der Waals surface area contributed by atoms with Crippen molar-refractivity contribution < 1.29 is 44.3 Å². The third-order valence-electron chi connectivity index (χ3n) is 9.15. The van der Waals surface area contributed by atoms with Gasteiger partial charge in [-0.15, -0.1) is 0 Å². The van der Waals surface area contributed by atoms with Crippen molar-refractivity contribution in [1.82, 2.24) is 0 Å². The Morgan fingerprint density at radius 3 is 1.77 bits per heavy atom. The van der Waals surface area contributed by atoms with Crippen molar-refractivity contribution in [2.45, 2.75) is 83.2 Å². The zero-order valence-electron chi connectivity index (χ0n) is 26.3. The lowest BCUT2D eigenvalue weighted by atomic mass is 9.77. The van der Waals surface area contributed by atoms with Gasteiger partial charge in [0.25, 0.3) is 0 Å². The van der Waals surface area contributed by atoms with Gasteiger partial charge in [-0.1, -0.05) is 69.7 Å². The molecule has 1 fully saturated rings. The van der Waals surface area contributed by atoms with Crippen LogP contribution in [0.2, 0.25) is 0 Å². The van der Waals surface area contributed by atoms with Gasteiger partial charge in [0.1, 0.15) is 34.6 Å². The van der Waals surface area contributed by atoms with Crippen LogP contribution < -0.4 is 4.74 Å². The average molecular weight is 679 g/mol. The van der Waals surface area contributed by atoms with Crippen molar-refractivity contribution >= 4 is 0 Å². The molecule has 0 saturated heterocycles. The molecular formula is C38H35F9O. The Labute approximate surface area is 273 Å². The largest absolute Gasteiger partial charge is 0.432 e. The molecule has 0 N–H and O–H groups in total. The molecule has 0 heterocycles. The molecule has 0 aliphatic heterocycles. The average Bonchev–Trinajstić information content (AvgIpc) is 3.03. The van der Waals surface area contributed by atoms with E-state index < -0.39 is 63.7 Å². The standard InChI is InChI=1S/C38H35F9O/c1-2-3-4-5-6-7-22-8-10-23(11-9-22)24-12-14-28(30(39)16-24)25-13-15-29(31(40)17-25)26-18-32(41)36(33(42)19-26)38(46,47)48-27-20-34(43)37(45)35(44)21-27/h12-23H,2-11H2,1H3. The van der Waals surface area contributed by atoms with Gasteiger partial charge < -0.3 is 4.74 Å². The number of hydrogen-bond donors (Lipinski definition) is 0. The molecule has 256 valence electrons. The summed E-state index contributed by atoms with van der Waals surface area (Å²) in [5.41, 5.74) is -1.52. The Balaban J connectivity index is 1.28. The summed E-state index contributed by atoms with van der Waals surface area (Å²) in [6, 6.07) is 9.42. The van der Waals surface area contributed by atoms with Gasteiger partial charge in [-0.3, -0.25) is 0 Å². The first-order chi connectivity index (χ1) is 22.9. The molecule has 1 aliphatic rings. The third-order valence-corrected chi connectivity index (χ3v) is 9.15. The van der Waals surface area contributed by atoms with E-state index in [0.29, 0.717) is 18.1 Å². The number of rotatable bonds is 12. The van der Waals surface area contributed by atoms with Crippen LogP contribution in [0.4, 0.5) is 39.5 Å². The van der Waals surface area contributed by atoms with Gasteiger partial charge >= 0.3 is 6.11 Å². The molecule has 0 spiro atoms. The van der Waals surface area contributed by atoms with E-state index in [1.54, 1.807) is 6.07 Å². The quantitative estimate of drug-likeness (QED) is 0.0823. The summed E-state index contributed by atoms with van der Waals surface area (Å²) < 4.78 is 134. The van der Waals surface area contributed by atoms with E-state index in [4.69, 9.17) is 0 Å². The number of hydrogen-bond acceptors (Lipinski definition) is 1. The van der Waals surface area contributed by atoms with E-state index in [2.05, 4.69) is 11.7 Å². The van der Waals surface area contributed by atoms with E-state index >= 15 is 8.78 Å². The molecule has 0 bridgehead atoms.